The molecule has 0 saturated heterocycles. The summed E-state index contributed by atoms with van der Waals surface area (Å²) in [6.07, 6.45) is 1.34. The highest BCUT2D eigenvalue weighted by atomic mass is 32.1. The third-order valence-corrected chi connectivity index (χ3v) is 4.15. The minimum atomic E-state index is -0.293. The Labute approximate surface area is 124 Å². The fourth-order valence-electron chi connectivity index (χ4n) is 2.15. The molecule has 0 aliphatic heterocycles. The van der Waals surface area contributed by atoms with Gasteiger partial charge < -0.3 is 10.3 Å². The lowest BCUT2D eigenvalue weighted by Crippen LogP contribution is -2.27. The number of rotatable bonds is 3. The number of carbonyl (C=O) groups is 1. The van der Waals surface area contributed by atoms with Gasteiger partial charge in [0, 0.05) is 5.38 Å². The van der Waals surface area contributed by atoms with E-state index in [1.165, 1.54) is 17.7 Å². The number of hydrogen-bond acceptors (Lipinski definition) is 4. The van der Waals surface area contributed by atoms with Crippen LogP contribution < -0.4 is 10.9 Å². The molecule has 0 saturated carbocycles. The lowest BCUT2D eigenvalue weighted by Gasteiger charge is -2.13. The first-order valence-electron chi connectivity index (χ1n) is 6.47. The first-order chi connectivity index (χ1) is 10.2. The van der Waals surface area contributed by atoms with Crippen LogP contribution in [0.4, 0.5) is 0 Å². The minimum absolute atomic E-state index is 0.135. The van der Waals surface area contributed by atoms with Crippen LogP contribution in [0.15, 0.2) is 46.8 Å². The van der Waals surface area contributed by atoms with Crippen molar-refractivity contribution in [1.29, 1.82) is 0 Å². The number of amides is 1. The van der Waals surface area contributed by atoms with Gasteiger partial charge in [-0.05, 0) is 12.5 Å². The van der Waals surface area contributed by atoms with Gasteiger partial charge >= 0.3 is 0 Å². The molecule has 2 heterocycles. The van der Waals surface area contributed by atoms with Crippen molar-refractivity contribution in [3.05, 3.63) is 63.5 Å². The van der Waals surface area contributed by atoms with Gasteiger partial charge in [-0.1, -0.05) is 30.3 Å². The quantitative estimate of drug-likeness (QED) is 0.780. The molecule has 0 radical (unpaired) electrons. The molecule has 106 valence electrons. The van der Waals surface area contributed by atoms with Gasteiger partial charge in [0.15, 0.2) is 0 Å². The summed E-state index contributed by atoms with van der Waals surface area (Å²) in [4.78, 5) is 31.4. The molecule has 1 atom stereocenters. The van der Waals surface area contributed by atoms with Crippen LogP contribution in [0.3, 0.4) is 0 Å². The first kappa shape index (κ1) is 13.5. The Hall–Kier alpha value is -2.47. The molecule has 1 amide bonds. The average Bonchev–Trinajstić information content (AvgIpc) is 2.93. The fourth-order valence-corrected chi connectivity index (χ4v) is 3.04. The van der Waals surface area contributed by atoms with Gasteiger partial charge in [-0.25, -0.2) is 4.98 Å². The lowest BCUT2D eigenvalue weighted by atomic mass is 10.1. The van der Waals surface area contributed by atoms with Crippen molar-refractivity contribution in [2.24, 2.45) is 0 Å². The zero-order valence-electron chi connectivity index (χ0n) is 11.3. The number of fused-ring (bicyclic) bond motifs is 1. The van der Waals surface area contributed by atoms with Gasteiger partial charge in [0.05, 0.1) is 23.3 Å². The third kappa shape index (κ3) is 2.57. The van der Waals surface area contributed by atoms with Crippen molar-refractivity contribution in [3.63, 3.8) is 0 Å². The van der Waals surface area contributed by atoms with Gasteiger partial charge in [0.25, 0.3) is 11.5 Å². The Balaban J connectivity index is 1.90. The number of aromatic nitrogens is 2. The van der Waals surface area contributed by atoms with Crippen molar-refractivity contribution in [1.82, 2.24) is 15.3 Å². The molecule has 5 nitrogen and oxygen atoms in total. The van der Waals surface area contributed by atoms with E-state index in [1.54, 1.807) is 5.38 Å². The summed E-state index contributed by atoms with van der Waals surface area (Å²) in [6, 6.07) is 9.54. The van der Waals surface area contributed by atoms with E-state index >= 15 is 0 Å². The maximum absolute atomic E-state index is 12.4. The summed E-state index contributed by atoms with van der Waals surface area (Å²) in [5, 5.41) is 4.92. The molecule has 3 rings (SSSR count). The predicted molar refractivity (Wildman–Crippen MR) is 82.6 cm³/mol. The largest absolute Gasteiger partial charge is 0.345 e. The van der Waals surface area contributed by atoms with Gasteiger partial charge in [-0.15, -0.1) is 11.3 Å². The van der Waals surface area contributed by atoms with Crippen molar-refractivity contribution >= 4 is 27.5 Å². The standard InChI is InChI=1S/C15H13N3O2S/c1-9(10-5-3-2-4-6-10)18-13(19)11-7-21-15-12(11)14(20)16-8-17-15/h2-9H,1H3,(H,18,19)(H,16,17,20)/t9-/m1/s1. The van der Waals surface area contributed by atoms with Gasteiger partial charge in [0.1, 0.15) is 4.83 Å². The Morgan fingerprint density at radius 2 is 2.10 bits per heavy atom. The zero-order chi connectivity index (χ0) is 14.8. The summed E-state index contributed by atoms with van der Waals surface area (Å²) < 4.78 is 0. The van der Waals surface area contributed by atoms with E-state index < -0.39 is 0 Å². The molecule has 6 heteroatoms. The van der Waals surface area contributed by atoms with Crippen LogP contribution in [0.25, 0.3) is 10.2 Å². The lowest BCUT2D eigenvalue weighted by molar-refractivity contribution is 0.0942. The van der Waals surface area contributed by atoms with E-state index in [0.717, 1.165) is 5.56 Å². The average molecular weight is 299 g/mol. The molecular weight excluding hydrogens is 286 g/mol. The molecule has 1 aromatic carbocycles. The second-order valence-corrected chi connectivity index (χ2v) is 5.53. The maximum Gasteiger partial charge on any atom is 0.260 e. The van der Waals surface area contributed by atoms with Crippen molar-refractivity contribution in [2.45, 2.75) is 13.0 Å². The molecule has 0 unspecified atom stereocenters. The Morgan fingerprint density at radius 3 is 2.86 bits per heavy atom. The van der Waals surface area contributed by atoms with E-state index in [9.17, 15) is 9.59 Å². The second-order valence-electron chi connectivity index (χ2n) is 4.67. The SMILES string of the molecule is C[C@@H](NC(=O)c1csc2nc[nH]c(=O)c12)c1ccccc1. The molecule has 0 aliphatic rings. The van der Waals surface area contributed by atoms with E-state index in [4.69, 9.17) is 0 Å². The molecule has 2 aromatic heterocycles. The zero-order valence-corrected chi connectivity index (χ0v) is 12.1. The monoisotopic (exact) mass is 299 g/mol. The summed E-state index contributed by atoms with van der Waals surface area (Å²) >= 11 is 1.29. The van der Waals surface area contributed by atoms with Crippen LogP contribution in [-0.4, -0.2) is 15.9 Å². The summed E-state index contributed by atoms with van der Waals surface area (Å²) in [7, 11) is 0. The predicted octanol–water partition coefficient (Wildman–Crippen LogP) is 2.48. The summed E-state index contributed by atoms with van der Waals surface area (Å²) in [6.45, 7) is 1.91. The number of H-pyrrole nitrogens is 1. The number of carbonyl (C=O) groups excluding carboxylic acids is 1. The number of aromatic amines is 1. The van der Waals surface area contributed by atoms with Crippen LogP contribution in [0.5, 0.6) is 0 Å². The Kier molecular flexibility index (Phi) is 3.53. The molecular formula is C15H13N3O2S. The highest BCUT2D eigenvalue weighted by Crippen LogP contribution is 2.21. The minimum Gasteiger partial charge on any atom is -0.345 e. The van der Waals surface area contributed by atoms with E-state index in [1.807, 2.05) is 37.3 Å². The van der Waals surface area contributed by atoms with Crippen LogP contribution in [0.1, 0.15) is 28.9 Å². The van der Waals surface area contributed by atoms with Crippen molar-refractivity contribution in [3.8, 4) is 0 Å². The Bertz CT molecular complexity index is 839. The van der Waals surface area contributed by atoms with Crippen LogP contribution in [0, 0.1) is 0 Å². The van der Waals surface area contributed by atoms with Gasteiger partial charge in [-0.3, -0.25) is 9.59 Å². The third-order valence-electron chi connectivity index (χ3n) is 3.27. The van der Waals surface area contributed by atoms with Gasteiger partial charge in [-0.2, -0.15) is 0 Å². The maximum atomic E-state index is 12.4. The molecule has 3 aromatic rings. The second kappa shape index (κ2) is 5.49. The topological polar surface area (TPSA) is 74.8 Å². The molecule has 0 fully saturated rings. The highest BCUT2D eigenvalue weighted by molar-refractivity contribution is 7.17. The summed E-state index contributed by atoms with van der Waals surface area (Å²) in [5.74, 6) is -0.267. The smallest absolute Gasteiger partial charge is 0.260 e. The molecule has 2 N–H and O–H groups in total. The van der Waals surface area contributed by atoms with E-state index in [2.05, 4.69) is 15.3 Å². The van der Waals surface area contributed by atoms with E-state index in [-0.39, 0.29) is 17.5 Å². The normalized spacial score (nSPS) is 12.2. The number of hydrogen-bond donors (Lipinski definition) is 2. The van der Waals surface area contributed by atoms with E-state index in [0.29, 0.717) is 15.8 Å². The molecule has 0 bridgehead atoms. The number of nitrogens with zero attached hydrogens (tertiary/aromatic N) is 1. The fraction of sp³-hybridized carbons (Fsp3) is 0.133. The summed E-state index contributed by atoms with van der Waals surface area (Å²) in [5.41, 5.74) is 1.09. The molecule has 0 spiro atoms. The number of nitrogens with one attached hydrogen (secondary N) is 2. The Morgan fingerprint density at radius 1 is 1.33 bits per heavy atom. The van der Waals surface area contributed by atoms with Crippen molar-refractivity contribution in [2.75, 3.05) is 0 Å². The van der Waals surface area contributed by atoms with Crippen molar-refractivity contribution < 1.29 is 4.79 Å². The van der Waals surface area contributed by atoms with Crippen LogP contribution in [-0.2, 0) is 0 Å². The first-order valence-corrected chi connectivity index (χ1v) is 7.35. The van der Waals surface area contributed by atoms with Crippen LogP contribution in [0.2, 0.25) is 0 Å². The molecule has 21 heavy (non-hydrogen) atoms. The van der Waals surface area contributed by atoms with Gasteiger partial charge in [0.2, 0.25) is 0 Å². The van der Waals surface area contributed by atoms with Crippen LogP contribution >= 0.6 is 11.3 Å². The molecule has 0 aliphatic carbocycles. The number of benzene rings is 1. The highest BCUT2D eigenvalue weighted by Gasteiger charge is 2.17. The number of thiophene rings is 1.